The molecule has 0 radical (unpaired) electrons. The number of hydrogen-bond acceptors (Lipinski definition) is 6. The highest BCUT2D eigenvalue weighted by atomic mass is 16.5. The summed E-state index contributed by atoms with van der Waals surface area (Å²) in [6.07, 6.45) is 0. The van der Waals surface area contributed by atoms with Crippen LogP contribution in [0.5, 0.6) is 11.5 Å². The lowest BCUT2D eigenvalue weighted by Crippen LogP contribution is -2.22. The molecule has 2 heterocycles. The van der Waals surface area contributed by atoms with E-state index in [0.717, 1.165) is 0 Å². The topological polar surface area (TPSA) is 87.7 Å². The highest BCUT2D eigenvalue weighted by Crippen LogP contribution is 2.43. The first kappa shape index (κ1) is 20.0. The van der Waals surface area contributed by atoms with Crippen LogP contribution < -0.4 is 20.7 Å². The second-order valence-electron chi connectivity index (χ2n) is 7.94. The molecule has 3 aromatic carbocycles. The van der Waals surface area contributed by atoms with Crippen LogP contribution in [0.15, 0.2) is 80.7 Å². The van der Waals surface area contributed by atoms with Crippen LogP contribution in [0, 0.1) is 0 Å². The van der Waals surface area contributed by atoms with E-state index in [1.165, 1.54) is 24.9 Å². The van der Waals surface area contributed by atoms with Crippen LogP contribution in [0.2, 0.25) is 0 Å². The van der Waals surface area contributed by atoms with E-state index in [1.54, 1.807) is 48.5 Å². The molecule has 0 bridgehead atoms. The summed E-state index contributed by atoms with van der Waals surface area (Å²) in [6, 6.07) is 18.7. The number of hydrogen-bond donors (Lipinski definition) is 0. The fourth-order valence-electron chi connectivity index (χ4n) is 4.75. The first-order valence-corrected chi connectivity index (χ1v) is 10.6. The number of rotatable bonds is 3. The maximum absolute atomic E-state index is 14.1. The monoisotopic (exact) mass is 451 g/mol. The number of aromatic nitrogens is 1. The van der Waals surface area contributed by atoms with Gasteiger partial charge in [0.15, 0.2) is 17.3 Å². The van der Waals surface area contributed by atoms with Crippen molar-refractivity contribution in [1.29, 1.82) is 0 Å². The third-order valence-electron chi connectivity index (χ3n) is 6.21. The zero-order valence-corrected chi connectivity index (χ0v) is 18.2. The summed E-state index contributed by atoms with van der Waals surface area (Å²) >= 11 is 0. The molecule has 7 nitrogen and oxygen atoms in total. The molecule has 1 aliphatic rings. The summed E-state index contributed by atoms with van der Waals surface area (Å²) in [5.74, 6) is 0.488. The number of carbonyl (C=O) groups excluding carboxylic acids is 1. The molecule has 0 N–H and O–H groups in total. The zero-order chi connectivity index (χ0) is 23.6. The SMILES string of the molecule is COc1ccc2c3c(n(-c4ccc5oc(=O)ccc5c4)c(=O)c2c1OC)-c1ccccc1C3=O. The second kappa shape index (κ2) is 7.18. The van der Waals surface area contributed by atoms with Crippen molar-refractivity contribution in [2.45, 2.75) is 0 Å². The van der Waals surface area contributed by atoms with Crippen molar-refractivity contribution in [3.63, 3.8) is 0 Å². The first-order valence-electron chi connectivity index (χ1n) is 10.6. The lowest BCUT2D eigenvalue weighted by molar-refractivity contribution is 0.104. The molecular formula is C27H17NO6. The third kappa shape index (κ3) is 2.61. The number of benzene rings is 3. The Morgan fingerprint density at radius 1 is 0.824 bits per heavy atom. The van der Waals surface area contributed by atoms with Gasteiger partial charge in [-0.05, 0) is 36.4 Å². The van der Waals surface area contributed by atoms with Crippen molar-refractivity contribution < 1.29 is 18.7 Å². The highest BCUT2D eigenvalue weighted by Gasteiger charge is 2.34. The molecule has 0 unspecified atom stereocenters. The van der Waals surface area contributed by atoms with Crippen molar-refractivity contribution in [3.05, 3.63) is 98.6 Å². The quantitative estimate of drug-likeness (QED) is 0.372. The van der Waals surface area contributed by atoms with Gasteiger partial charge in [0.05, 0.1) is 36.6 Å². The minimum atomic E-state index is -0.458. The average Bonchev–Trinajstić information content (AvgIpc) is 3.15. The van der Waals surface area contributed by atoms with Crippen LogP contribution in [-0.4, -0.2) is 24.6 Å². The first-order chi connectivity index (χ1) is 16.5. The van der Waals surface area contributed by atoms with E-state index < -0.39 is 5.63 Å². The van der Waals surface area contributed by atoms with E-state index in [1.807, 2.05) is 12.1 Å². The highest BCUT2D eigenvalue weighted by molar-refractivity contribution is 6.27. The summed E-state index contributed by atoms with van der Waals surface area (Å²) in [5, 5.41) is 1.40. The maximum atomic E-state index is 14.1. The normalized spacial score (nSPS) is 12.1. The van der Waals surface area contributed by atoms with E-state index in [9.17, 15) is 14.4 Å². The average molecular weight is 451 g/mol. The van der Waals surface area contributed by atoms with E-state index in [4.69, 9.17) is 13.9 Å². The number of nitrogens with zero attached hydrogens (tertiary/aromatic N) is 1. The number of fused-ring (bicyclic) bond motifs is 6. The van der Waals surface area contributed by atoms with Gasteiger partial charge in [0.25, 0.3) is 5.56 Å². The molecule has 7 heteroatoms. The minimum Gasteiger partial charge on any atom is -0.493 e. The molecule has 2 aromatic heterocycles. The molecule has 166 valence electrons. The molecule has 0 saturated carbocycles. The van der Waals surface area contributed by atoms with Gasteiger partial charge in [-0.2, -0.15) is 0 Å². The van der Waals surface area contributed by atoms with E-state index in [2.05, 4.69) is 0 Å². The minimum absolute atomic E-state index is 0.164. The van der Waals surface area contributed by atoms with Crippen molar-refractivity contribution in [2.75, 3.05) is 14.2 Å². The predicted octanol–water partition coefficient (Wildman–Crippen LogP) is 4.33. The Hall–Kier alpha value is -4.65. The molecule has 0 spiro atoms. The van der Waals surface area contributed by atoms with E-state index in [-0.39, 0.29) is 22.5 Å². The lowest BCUT2D eigenvalue weighted by Gasteiger charge is -2.18. The molecule has 5 aromatic rings. The third-order valence-corrected chi connectivity index (χ3v) is 6.21. The Kier molecular flexibility index (Phi) is 4.22. The van der Waals surface area contributed by atoms with Gasteiger partial charge in [0.2, 0.25) is 0 Å². The van der Waals surface area contributed by atoms with Gasteiger partial charge in [-0.1, -0.05) is 24.3 Å². The Morgan fingerprint density at radius 2 is 1.62 bits per heavy atom. The molecule has 1 aliphatic carbocycles. The van der Waals surface area contributed by atoms with Crippen molar-refractivity contribution in [1.82, 2.24) is 4.57 Å². The number of methoxy groups -OCH3 is 2. The summed E-state index contributed by atoms with van der Waals surface area (Å²) < 4.78 is 17.8. The largest absolute Gasteiger partial charge is 0.493 e. The molecule has 0 amide bonds. The lowest BCUT2D eigenvalue weighted by atomic mass is 10.0. The van der Waals surface area contributed by atoms with Crippen LogP contribution >= 0.6 is 0 Å². The van der Waals surface area contributed by atoms with Crippen molar-refractivity contribution in [2.24, 2.45) is 0 Å². The van der Waals surface area contributed by atoms with Crippen LogP contribution in [0.4, 0.5) is 0 Å². The zero-order valence-electron chi connectivity index (χ0n) is 18.2. The predicted molar refractivity (Wildman–Crippen MR) is 128 cm³/mol. The fraction of sp³-hybridized carbons (Fsp3) is 0.0741. The van der Waals surface area contributed by atoms with Crippen molar-refractivity contribution >= 4 is 27.5 Å². The van der Waals surface area contributed by atoms with E-state index in [0.29, 0.717) is 50.2 Å². The van der Waals surface area contributed by atoms with Crippen LogP contribution in [0.1, 0.15) is 15.9 Å². The molecule has 6 rings (SSSR count). The van der Waals surface area contributed by atoms with Gasteiger partial charge < -0.3 is 13.9 Å². The Morgan fingerprint density at radius 3 is 2.38 bits per heavy atom. The fourth-order valence-corrected chi connectivity index (χ4v) is 4.75. The van der Waals surface area contributed by atoms with Crippen molar-refractivity contribution in [3.8, 4) is 28.4 Å². The van der Waals surface area contributed by atoms with Crippen LogP contribution in [-0.2, 0) is 0 Å². The molecule has 0 saturated heterocycles. The molecule has 0 aliphatic heterocycles. The Labute approximate surface area is 192 Å². The van der Waals surface area contributed by atoms with Crippen LogP contribution in [0.3, 0.4) is 0 Å². The maximum Gasteiger partial charge on any atom is 0.336 e. The van der Waals surface area contributed by atoms with Gasteiger partial charge in [-0.3, -0.25) is 14.2 Å². The Bertz CT molecular complexity index is 1790. The van der Waals surface area contributed by atoms with Gasteiger partial charge in [0, 0.05) is 28.0 Å². The number of carbonyl (C=O) groups is 1. The van der Waals surface area contributed by atoms with Crippen LogP contribution in [0.25, 0.3) is 38.7 Å². The Balaban J connectivity index is 1.82. The number of pyridine rings is 1. The number of ketones is 1. The molecule has 34 heavy (non-hydrogen) atoms. The standard InChI is InChI=1S/C27H17NO6/c1-32-20-11-9-18-22-24(16-5-3-4-6-17(16)25(22)30)28(27(31)23(18)26(20)33-2)15-8-10-19-14(13-15)7-12-21(29)34-19/h3-13H,1-2H3. The number of ether oxygens (including phenoxy) is 2. The summed E-state index contributed by atoms with van der Waals surface area (Å²) in [6.45, 7) is 0. The molecular weight excluding hydrogens is 434 g/mol. The van der Waals surface area contributed by atoms with Gasteiger partial charge in [0.1, 0.15) is 5.58 Å². The molecule has 0 fully saturated rings. The summed E-state index contributed by atoms with van der Waals surface area (Å²) in [5.41, 5.74) is 2.26. The summed E-state index contributed by atoms with van der Waals surface area (Å²) in [7, 11) is 2.95. The second-order valence-corrected chi connectivity index (χ2v) is 7.94. The van der Waals surface area contributed by atoms with Gasteiger partial charge in [-0.25, -0.2) is 4.79 Å². The smallest absolute Gasteiger partial charge is 0.336 e. The van der Waals surface area contributed by atoms with Gasteiger partial charge in [-0.15, -0.1) is 0 Å². The summed E-state index contributed by atoms with van der Waals surface area (Å²) in [4.78, 5) is 39.3. The molecule has 0 atom stereocenters. The van der Waals surface area contributed by atoms with E-state index >= 15 is 0 Å². The van der Waals surface area contributed by atoms with Gasteiger partial charge >= 0.3 is 5.63 Å².